The van der Waals surface area contributed by atoms with Crippen molar-refractivity contribution in [2.24, 2.45) is 0 Å². The zero-order chi connectivity index (χ0) is 23.1. The highest BCUT2D eigenvalue weighted by Crippen LogP contribution is 2.48. The second-order valence-electron chi connectivity index (χ2n) is 8.04. The number of hydrogen-bond donors (Lipinski definition) is 2. The number of rotatable bonds is 5. The van der Waals surface area contributed by atoms with Crippen molar-refractivity contribution in [2.75, 3.05) is 36.4 Å². The number of amides is 1. The molecule has 0 aromatic carbocycles. The fraction of sp³-hybridized carbons (Fsp3) is 0.476. The van der Waals surface area contributed by atoms with E-state index in [1.165, 1.54) is 18.3 Å². The number of nitrogens with zero attached hydrogens (tertiary/aromatic N) is 3. The van der Waals surface area contributed by atoms with Crippen molar-refractivity contribution in [1.82, 2.24) is 15.3 Å². The third-order valence-corrected chi connectivity index (χ3v) is 6.42. The summed E-state index contributed by atoms with van der Waals surface area (Å²) in [5, 5.41) is 3.72. The summed E-state index contributed by atoms with van der Waals surface area (Å²) in [7, 11) is 2.08. The summed E-state index contributed by atoms with van der Waals surface area (Å²) in [6, 6.07) is 4.26. The first-order chi connectivity index (χ1) is 15.1. The molecule has 0 bridgehead atoms. The van der Waals surface area contributed by atoms with Crippen molar-refractivity contribution in [3.8, 4) is 11.3 Å². The predicted octanol–water partition coefficient (Wildman–Crippen LogP) is 4.22. The number of fused-ring (bicyclic) bond motifs is 1. The maximum Gasteiger partial charge on any atom is 0.413 e. The van der Waals surface area contributed by atoms with Crippen LogP contribution >= 0.6 is 9.24 Å². The summed E-state index contributed by atoms with van der Waals surface area (Å²) >= 11 is 0. The molecule has 11 heteroatoms. The Balaban J connectivity index is 1.90. The van der Waals surface area contributed by atoms with Crippen molar-refractivity contribution in [3.05, 3.63) is 35.5 Å². The number of alkyl halides is 3. The number of hydrogen-bond acceptors (Lipinski definition) is 6. The minimum Gasteiger partial charge on any atom is -0.437 e. The zero-order valence-corrected chi connectivity index (χ0v) is 18.9. The lowest BCUT2D eigenvalue weighted by Gasteiger charge is -2.34. The lowest BCUT2D eigenvalue weighted by Crippen LogP contribution is -2.44. The highest BCUT2D eigenvalue weighted by Gasteiger charge is 2.44. The van der Waals surface area contributed by atoms with Gasteiger partial charge in [0.2, 0.25) is 0 Å². The molecule has 4 rings (SSSR count). The van der Waals surface area contributed by atoms with E-state index >= 15 is 4.39 Å². The molecule has 2 unspecified atom stereocenters. The zero-order valence-electron chi connectivity index (χ0n) is 17.8. The topological polar surface area (TPSA) is 79.4 Å². The van der Waals surface area contributed by atoms with Gasteiger partial charge in [-0.2, -0.15) is 0 Å². The number of nitrogens with one attached hydrogen (secondary N) is 2. The summed E-state index contributed by atoms with van der Waals surface area (Å²) in [5.41, 5.74) is 0.673. The molecule has 2 aromatic rings. The average Bonchev–Trinajstić information content (AvgIpc) is 2.77. The largest absolute Gasteiger partial charge is 0.437 e. The van der Waals surface area contributed by atoms with Crippen LogP contribution < -0.4 is 15.5 Å². The molecule has 2 aromatic heterocycles. The van der Waals surface area contributed by atoms with Crippen LogP contribution in [0.15, 0.2) is 24.4 Å². The summed E-state index contributed by atoms with van der Waals surface area (Å²) in [6.07, 6.45) is -0.654. The maximum atomic E-state index is 15.4. The number of ether oxygens (including phenoxy) is 1. The third-order valence-electron chi connectivity index (χ3n) is 5.71. The molecule has 1 saturated heterocycles. The molecular weight excluding hydrogens is 442 g/mol. The fourth-order valence-corrected chi connectivity index (χ4v) is 4.08. The average molecular weight is 467 g/mol. The Bertz CT molecular complexity index is 1020. The Morgan fingerprint density at radius 3 is 2.66 bits per heavy atom. The van der Waals surface area contributed by atoms with Gasteiger partial charge in [0.25, 0.3) is 5.92 Å². The summed E-state index contributed by atoms with van der Waals surface area (Å²) < 4.78 is 49.4. The number of carbonyl (C=O) groups is 1. The van der Waals surface area contributed by atoms with Crippen LogP contribution in [-0.2, 0) is 10.7 Å². The number of carbonyl (C=O) groups excluding carboxylic acids is 1. The van der Waals surface area contributed by atoms with Crippen LogP contribution in [-0.4, -0.2) is 47.7 Å². The molecule has 32 heavy (non-hydrogen) atoms. The number of piperazine rings is 1. The number of aromatic nitrogens is 2. The quantitative estimate of drug-likeness (QED) is 0.642. The number of anilines is 2. The second-order valence-corrected chi connectivity index (χ2v) is 9.00. The first-order valence-electron chi connectivity index (χ1n) is 10.4. The van der Waals surface area contributed by atoms with Crippen LogP contribution in [0.3, 0.4) is 0 Å². The van der Waals surface area contributed by atoms with E-state index in [0.29, 0.717) is 37.6 Å². The number of cyclic esters (lactones) is 1. The van der Waals surface area contributed by atoms with Crippen molar-refractivity contribution in [1.29, 1.82) is 0 Å². The second kappa shape index (κ2) is 8.48. The molecule has 172 valence electrons. The summed E-state index contributed by atoms with van der Waals surface area (Å²) in [5.74, 6) is -2.57. The van der Waals surface area contributed by atoms with Crippen LogP contribution in [0.2, 0.25) is 0 Å². The number of pyridine rings is 2. The van der Waals surface area contributed by atoms with Crippen LogP contribution in [0.1, 0.15) is 37.5 Å². The van der Waals surface area contributed by atoms with Gasteiger partial charge in [-0.1, -0.05) is 16.2 Å². The summed E-state index contributed by atoms with van der Waals surface area (Å²) in [4.78, 5) is 22.8. The predicted molar refractivity (Wildman–Crippen MR) is 119 cm³/mol. The van der Waals surface area contributed by atoms with E-state index in [-0.39, 0.29) is 29.1 Å². The molecule has 0 spiro atoms. The lowest BCUT2D eigenvalue weighted by atomic mass is 9.94. The van der Waals surface area contributed by atoms with Gasteiger partial charge >= 0.3 is 6.09 Å². The standard InChI is InChI=1S/C21H25F3N5O2P/c1-3-21(24,32)17-16-13(4-5-26-18(16)28-19(30)31-17)14-10-12(20(2,22)23)11-15(27-14)29-8-6-25-7-9-29/h4-5,10-11,17,25H,3,6-9,32H2,1-2H3,(H,26,28,30)/t17-,21?/m1/s1. The van der Waals surface area contributed by atoms with Crippen LogP contribution in [0.25, 0.3) is 11.3 Å². The van der Waals surface area contributed by atoms with Gasteiger partial charge in [-0.05, 0) is 24.6 Å². The molecular formula is C21H25F3N5O2P. The van der Waals surface area contributed by atoms with Gasteiger partial charge in [0, 0.05) is 56.0 Å². The molecule has 2 aliphatic rings. The monoisotopic (exact) mass is 467 g/mol. The Hall–Kier alpha value is -2.45. The molecule has 2 aliphatic heterocycles. The van der Waals surface area contributed by atoms with Gasteiger partial charge in [0.05, 0.1) is 5.69 Å². The SMILES string of the molecule is CCC(F)(P)[C@@H]1OC(=O)Nc2nccc(-c3cc(C(C)(F)F)cc(N4CCNCC4)n3)c21. The molecule has 7 nitrogen and oxygen atoms in total. The molecule has 2 N–H and O–H groups in total. The molecule has 0 aliphatic carbocycles. The highest BCUT2D eigenvalue weighted by atomic mass is 31.0. The Labute approximate surface area is 186 Å². The van der Waals surface area contributed by atoms with Crippen LogP contribution in [0.4, 0.5) is 29.6 Å². The first kappa shape index (κ1) is 22.7. The van der Waals surface area contributed by atoms with E-state index in [2.05, 4.69) is 29.8 Å². The fourth-order valence-electron chi connectivity index (χ4n) is 3.84. The van der Waals surface area contributed by atoms with E-state index in [4.69, 9.17) is 4.74 Å². The summed E-state index contributed by atoms with van der Waals surface area (Å²) in [6.45, 7) is 5.12. The maximum absolute atomic E-state index is 15.4. The molecule has 1 amide bonds. The molecule has 0 radical (unpaired) electrons. The molecule has 1 fully saturated rings. The Morgan fingerprint density at radius 1 is 1.28 bits per heavy atom. The minimum atomic E-state index is -3.11. The smallest absolute Gasteiger partial charge is 0.413 e. The van der Waals surface area contributed by atoms with Crippen LogP contribution in [0, 0.1) is 0 Å². The van der Waals surface area contributed by atoms with Gasteiger partial charge in [-0.25, -0.2) is 27.9 Å². The molecule has 4 heterocycles. The Kier molecular flexibility index (Phi) is 6.02. The van der Waals surface area contributed by atoms with E-state index in [9.17, 15) is 13.6 Å². The van der Waals surface area contributed by atoms with Crippen LogP contribution in [0.5, 0.6) is 0 Å². The normalized spacial score (nSPS) is 20.8. The van der Waals surface area contributed by atoms with Gasteiger partial charge < -0.3 is 15.0 Å². The van der Waals surface area contributed by atoms with Crippen molar-refractivity contribution in [2.45, 2.75) is 37.7 Å². The Morgan fingerprint density at radius 2 is 2.00 bits per heavy atom. The van der Waals surface area contributed by atoms with E-state index < -0.39 is 23.5 Å². The van der Waals surface area contributed by atoms with E-state index in [1.54, 1.807) is 13.0 Å². The van der Waals surface area contributed by atoms with Crippen molar-refractivity contribution < 1.29 is 22.7 Å². The van der Waals surface area contributed by atoms with Crippen molar-refractivity contribution >= 4 is 27.0 Å². The first-order valence-corrected chi connectivity index (χ1v) is 11.0. The van der Waals surface area contributed by atoms with E-state index in [0.717, 1.165) is 6.92 Å². The van der Waals surface area contributed by atoms with E-state index in [1.807, 2.05) is 4.90 Å². The lowest BCUT2D eigenvalue weighted by molar-refractivity contribution is 0.0174. The third kappa shape index (κ3) is 4.38. The van der Waals surface area contributed by atoms with Crippen molar-refractivity contribution in [3.63, 3.8) is 0 Å². The van der Waals surface area contributed by atoms with Gasteiger partial charge in [-0.3, -0.25) is 5.32 Å². The minimum absolute atomic E-state index is 0.0376. The molecule has 3 atom stereocenters. The molecule has 0 saturated carbocycles. The number of halogens is 3. The van der Waals surface area contributed by atoms with Gasteiger partial charge in [0.1, 0.15) is 11.6 Å². The van der Waals surface area contributed by atoms with Gasteiger partial charge in [-0.15, -0.1) is 0 Å². The highest BCUT2D eigenvalue weighted by molar-refractivity contribution is 7.18. The van der Waals surface area contributed by atoms with Gasteiger partial charge in [0.15, 0.2) is 11.5 Å².